The molecule has 1 amide bonds. The highest BCUT2D eigenvalue weighted by Gasteiger charge is 2.47. The van der Waals surface area contributed by atoms with Crippen LogP contribution in [0.5, 0.6) is 5.75 Å². The van der Waals surface area contributed by atoms with Crippen LogP contribution < -0.4 is 9.64 Å². The van der Waals surface area contributed by atoms with Crippen molar-refractivity contribution in [3.8, 4) is 5.75 Å². The minimum atomic E-state index is -0.0303. The zero-order valence-electron chi connectivity index (χ0n) is 17.2. The largest absolute Gasteiger partial charge is 0.497 e. The molecule has 2 aliphatic heterocycles. The van der Waals surface area contributed by atoms with Crippen molar-refractivity contribution < 1.29 is 9.53 Å². The second kappa shape index (κ2) is 7.74. The van der Waals surface area contributed by atoms with E-state index in [4.69, 9.17) is 27.9 Å². The summed E-state index contributed by atoms with van der Waals surface area (Å²) in [6.07, 6.45) is 4.89. The van der Waals surface area contributed by atoms with Gasteiger partial charge in [0, 0.05) is 29.8 Å². The molecular formula is C24H26Cl2N2O2. The second-order valence-corrected chi connectivity index (χ2v) is 9.74. The van der Waals surface area contributed by atoms with Crippen molar-refractivity contribution in [3.63, 3.8) is 0 Å². The highest BCUT2D eigenvalue weighted by molar-refractivity contribution is 6.42. The van der Waals surface area contributed by atoms with E-state index < -0.39 is 0 Å². The number of ether oxygens (including phenoxy) is 1. The number of carbonyl (C=O) groups is 1. The summed E-state index contributed by atoms with van der Waals surface area (Å²) in [6.45, 7) is 4.10. The molecule has 158 valence electrons. The smallest absolute Gasteiger partial charge is 0.258 e. The third-order valence-corrected chi connectivity index (χ3v) is 7.70. The molecular weight excluding hydrogens is 419 g/mol. The van der Waals surface area contributed by atoms with Crippen LogP contribution in [0, 0.1) is 5.92 Å². The van der Waals surface area contributed by atoms with E-state index in [0.717, 1.165) is 43.3 Å². The first-order valence-corrected chi connectivity index (χ1v) is 11.4. The Balaban J connectivity index is 1.46. The maximum atomic E-state index is 13.5. The average molecular weight is 445 g/mol. The Morgan fingerprint density at radius 3 is 2.53 bits per heavy atom. The van der Waals surface area contributed by atoms with E-state index in [-0.39, 0.29) is 11.3 Å². The molecule has 1 saturated carbocycles. The van der Waals surface area contributed by atoms with Crippen molar-refractivity contribution >= 4 is 34.8 Å². The maximum Gasteiger partial charge on any atom is 0.258 e. The van der Waals surface area contributed by atoms with Gasteiger partial charge < -0.3 is 14.5 Å². The maximum absolute atomic E-state index is 13.5. The summed E-state index contributed by atoms with van der Waals surface area (Å²) < 4.78 is 5.52. The Morgan fingerprint density at radius 2 is 1.87 bits per heavy atom. The third-order valence-electron chi connectivity index (χ3n) is 6.96. The summed E-state index contributed by atoms with van der Waals surface area (Å²) in [6, 6.07) is 11.2. The van der Waals surface area contributed by atoms with Crippen molar-refractivity contribution in [1.82, 2.24) is 4.90 Å². The van der Waals surface area contributed by atoms with Gasteiger partial charge in [0.05, 0.1) is 17.2 Å². The number of methoxy groups -OCH3 is 1. The van der Waals surface area contributed by atoms with Gasteiger partial charge >= 0.3 is 0 Å². The number of halogens is 2. The Labute approximate surface area is 187 Å². The van der Waals surface area contributed by atoms with Crippen molar-refractivity contribution in [2.24, 2.45) is 5.92 Å². The standard InChI is InChI=1S/C24H26Cl2N2O2/c1-30-18-5-7-22-19(13-18)24(8-10-27(11-9-24)14-16-2-3-16)15-28(22)23(29)17-4-6-20(25)21(26)12-17/h4-7,12-13,16H,2-3,8-11,14-15H2,1H3. The minimum Gasteiger partial charge on any atom is -0.497 e. The summed E-state index contributed by atoms with van der Waals surface area (Å²) in [5, 5.41) is 0.860. The number of anilines is 1. The molecule has 2 aromatic carbocycles. The number of fused-ring (bicyclic) bond motifs is 2. The molecule has 6 heteroatoms. The Hall–Kier alpha value is -1.75. The molecule has 3 aliphatic rings. The van der Waals surface area contributed by atoms with Gasteiger partial charge in [-0.1, -0.05) is 23.2 Å². The molecule has 1 aliphatic carbocycles. The fourth-order valence-corrected chi connectivity index (χ4v) is 5.30. The molecule has 30 heavy (non-hydrogen) atoms. The van der Waals surface area contributed by atoms with Gasteiger partial charge in [-0.3, -0.25) is 4.79 Å². The number of carbonyl (C=O) groups excluding carboxylic acids is 1. The number of rotatable bonds is 4. The lowest BCUT2D eigenvalue weighted by Crippen LogP contribution is -2.46. The molecule has 2 aromatic rings. The normalized spacial score (nSPS) is 20.4. The van der Waals surface area contributed by atoms with Crippen LogP contribution in [0.25, 0.3) is 0 Å². The first-order chi connectivity index (χ1) is 14.5. The van der Waals surface area contributed by atoms with Crippen molar-refractivity contribution in [2.45, 2.75) is 31.1 Å². The quantitative estimate of drug-likeness (QED) is 0.631. The molecule has 1 spiro atoms. The highest BCUT2D eigenvalue weighted by atomic mass is 35.5. The van der Waals surface area contributed by atoms with Crippen LogP contribution in [-0.2, 0) is 5.41 Å². The second-order valence-electron chi connectivity index (χ2n) is 8.93. The van der Waals surface area contributed by atoms with E-state index in [1.54, 1.807) is 25.3 Å². The zero-order valence-corrected chi connectivity index (χ0v) is 18.7. The van der Waals surface area contributed by atoms with E-state index in [0.29, 0.717) is 22.2 Å². The number of piperidine rings is 1. The summed E-state index contributed by atoms with van der Waals surface area (Å²) in [4.78, 5) is 18.0. The first kappa shape index (κ1) is 20.2. The lowest BCUT2D eigenvalue weighted by molar-refractivity contribution is 0.0976. The van der Waals surface area contributed by atoms with Crippen LogP contribution in [0.15, 0.2) is 36.4 Å². The molecule has 5 rings (SSSR count). The zero-order chi connectivity index (χ0) is 20.9. The fraction of sp³-hybridized carbons (Fsp3) is 0.458. The van der Waals surface area contributed by atoms with Crippen molar-refractivity contribution in [3.05, 3.63) is 57.6 Å². The minimum absolute atomic E-state index is 0.0181. The van der Waals surface area contributed by atoms with Gasteiger partial charge in [-0.2, -0.15) is 0 Å². The summed E-state index contributed by atoms with van der Waals surface area (Å²) in [5.74, 6) is 1.72. The monoisotopic (exact) mass is 444 g/mol. The predicted molar refractivity (Wildman–Crippen MR) is 121 cm³/mol. The van der Waals surface area contributed by atoms with Crippen LogP contribution >= 0.6 is 23.2 Å². The lowest BCUT2D eigenvalue weighted by Gasteiger charge is -2.40. The van der Waals surface area contributed by atoms with Gasteiger partial charge in [0.2, 0.25) is 0 Å². The van der Waals surface area contributed by atoms with Gasteiger partial charge in [0.15, 0.2) is 0 Å². The molecule has 0 N–H and O–H groups in total. The van der Waals surface area contributed by atoms with Gasteiger partial charge in [0.25, 0.3) is 5.91 Å². The van der Waals surface area contributed by atoms with Gasteiger partial charge in [0.1, 0.15) is 5.75 Å². The molecule has 4 nitrogen and oxygen atoms in total. The first-order valence-electron chi connectivity index (χ1n) is 10.7. The lowest BCUT2D eigenvalue weighted by atomic mass is 9.74. The van der Waals surface area contributed by atoms with Crippen LogP contribution in [0.2, 0.25) is 10.0 Å². The van der Waals surface area contributed by atoms with E-state index in [1.807, 2.05) is 17.0 Å². The topological polar surface area (TPSA) is 32.8 Å². The number of likely N-dealkylation sites (tertiary alicyclic amines) is 1. The predicted octanol–water partition coefficient (Wildman–Crippen LogP) is 5.41. The van der Waals surface area contributed by atoms with Gasteiger partial charge in [-0.05, 0) is 86.7 Å². The van der Waals surface area contributed by atoms with E-state index in [2.05, 4.69) is 11.0 Å². The Bertz CT molecular complexity index is 981. The molecule has 2 fully saturated rings. The van der Waals surface area contributed by atoms with Crippen LogP contribution in [-0.4, -0.2) is 44.1 Å². The molecule has 0 radical (unpaired) electrons. The number of amides is 1. The molecule has 0 unspecified atom stereocenters. The van der Waals surface area contributed by atoms with Gasteiger partial charge in [-0.25, -0.2) is 0 Å². The molecule has 0 atom stereocenters. The molecule has 0 bridgehead atoms. The van der Waals surface area contributed by atoms with Crippen LogP contribution in [0.4, 0.5) is 5.69 Å². The Kier molecular flexibility index (Phi) is 5.20. The number of hydrogen-bond donors (Lipinski definition) is 0. The van der Waals surface area contributed by atoms with Crippen LogP contribution in [0.1, 0.15) is 41.6 Å². The molecule has 2 heterocycles. The van der Waals surface area contributed by atoms with E-state index in [9.17, 15) is 4.79 Å². The number of benzene rings is 2. The van der Waals surface area contributed by atoms with Gasteiger partial charge in [-0.15, -0.1) is 0 Å². The Morgan fingerprint density at radius 1 is 1.10 bits per heavy atom. The summed E-state index contributed by atoms with van der Waals surface area (Å²) >= 11 is 12.2. The molecule has 0 aromatic heterocycles. The summed E-state index contributed by atoms with van der Waals surface area (Å²) in [5.41, 5.74) is 2.77. The van der Waals surface area contributed by atoms with Crippen molar-refractivity contribution in [1.29, 1.82) is 0 Å². The number of hydrogen-bond acceptors (Lipinski definition) is 3. The fourth-order valence-electron chi connectivity index (χ4n) is 5.00. The summed E-state index contributed by atoms with van der Waals surface area (Å²) in [7, 11) is 1.69. The SMILES string of the molecule is COc1ccc2c(c1)C1(CCN(CC3CC3)CC1)CN2C(=O)c1ccc(Cl)c(Cl)c1. The van der Waals surface area contributed by atoms with Crippen LogP contribution in [0.3, 0.4) is 0 Å². The third kappa shape index (κ3) is 3.59. The van der Waals surface area contributed by atoms with E-state index in [1.165, 1.54) is 24.9 Å². The highest BCUT2D eigenvalue weighted by Crippen LogP contribution is 2.49. The average Bonchev–Trinajstić information content (AvgIpc) is 3.53. The van der Waals surface area contributed by atoms with Crippen molar-refractivity contribution in [2.75, 3.05) is 38.2 Å². The van der Waals surface area contributed by atoms with E-state index >= 15 is 0 Å². The molecule has 1 saturated heterocycles. The number of nitrogens with zero attached hydrogens (tertiary/aromatic N) is 2.